The number of hydrogen-bond acceptors (Lipinski definition) is 7. The number of nitro groups is 1. The molecule has 2 atom stereocenters. The van der Waals surface area contributed by atoms with Gasteiger partial charge in [-0.3, -0.25) is 14.9 Å². The fraction of sp³-hybridized carbons (Fsp3) is 0.316. The van der Waals surface area contributed by atoms with Gasteiger partial charge in [0.15, 0.2) is 4.90 Å². The molecule has 0 saturated carbocycles. The third-order valence-electron chi connectivity index (χ3n) is 4.91. The van der Waals surface area contributed by atoms with Crippen molar-refractivity contribution in [3.63, 3.8) is 0 Å². The third-order valence-corrected chi connectivity index (χ3v) is 6.82. The highest BCUT2D eigenvalue weighted by molar-refractivity contribution is 7.89. The smallest absolute Gasteiger partial charge is 0.289 e. The molecular weight excluding hydrogens is 412 g/mol. The molecule has 0 aliphatic carbocycles. The van der Waals surface area contributed by atoms with Gasteiger partial charge in [-0.25, -0.2) is 8.42 Å². The number of carbonyl (C=O) groups excluding carboxylic acids is 1. The lowest BCUT2D eigenvalue weighted by molar-refractivity contribution is -0.387. The molecule has 1 saturated heterocycles. The zero-order valence-corrected chi connectivity index (χ0v) is 16.8. The van der Waals surface area contributed by atoms with Gasteiger partial charge in [-0.05, 0) is 36.6 Å². The number of nitrogens with zero attached hydrogens (tertiary/aromatic N) is 2. The van der Waals surface area contributed by atoms with Crippen LogP contribution in [0.4, 0.5) is 5.69 Å². The highest BCUT2D eigenvalue weighted by Gasteiger charge is 2.37. The summed E-state index contributed by atoms with van der Waals surface area (Å²) >= 11 is 0. The Labute approximate surface area is 173 Å². The van der Waals surface area contributed by atoms with E-state index in [1.165, 1.54) is 30.3 Å². The number of hydrogen-bond donors (Lipinski definition) is 3. The number of carbonyl (C=O) groups is 1. The van der Waals surface area contributed by atoms with E-state index in [-0.39, 0.29) is 30.2 Å². The van der Waals surface area contributed by atoms with E-state index in [9.17, 15) is 28.4 Å². The summed E-state index contributed by atoms with van der Waals surface area (Å²) in [6.45, 7) is 0.137. The van der Waals surface area contributed by atoms with E-state index < -0.39 is 38.6 Å². The van der Waals surface area contributed by atoms with Crippen LogP contribution in [0.1, 0.15) is 12.0 Å². The minimum absolute atomic E-state index is 0.00600. The van der Waals surface area contributed by atoms with Gasteiger partial charge in [0.1, 0.15) is 5.75 Å². The van der Waals surface area contributed by atoms with Crippen LogP contribution in [0.2, 0.25) is 0 Å². The third kappa shape index (κ3) is 4.75. The molecule has 2 aromatic carbocycles. The first-order chi connectivity index (χ1) is 14.2. The molecular formula is C19H22N4O6S. The molecule has 1 amide bonds. The zero-order valence-electron chi connectivity index (χ0n) is 16.0. The van der Waals surface area contributed by atoms with Crippen molar-refractivity contribution in [2.24, 2.45) is 5.73 Å². The summed E-state index contributed by atoms with van der Waals surface area (Å²) in [6.07, 6.45) is 0.634. The molecule has 2 aromatic rings. The Morgan fingerprint density at radius 3 is 2.60 bits per heavy atom. The van der Waals surface area contributed by atoms with Gasteiger partial charge in [-0.1, -0.05) is 24.3 Å². The first-order valence-electron chi connectivity index (χ1n) is 9.26. The normalized spacial score (nSPS) is 18.1. The summed E-state index contributed by atoms with van der Waals surface area (Å²) in [4.78, 5) is 22.5. The fourth-order valence-electron chi connectivity index (χ4n) is 3.32. The first-order valence-corrected chi connectivity index (χ1v) is 10.7. The SMILES string of the molecule is N[C@@H](Cc1ccc(O)cc1)C(=O)N[C@H]1CCN(S(=O)(=O)c2ccccc2[N+](=O)[O-])C1. The number of aromatic hydroxyl groups is 1. The Hall–Kier alpha value is -3.02. The van der Waals surface area contributed by atoms with Crippen LogP contribution in [0.5, 0.6) is 5.75 Å². The topological polar surface area (TPSA) is 156 Å². The Balaban J connectivity index is 1.63. The van der Waals surface area contributed by atoms with Gasteiger partial charge in [0.05, 0.1) is 11.0 Å². The highest BCUT2D eigenvalue weighted by atomic mass is 32.2. The number of amides is 1. The van der Waals surface area contributed by atoms with Gasteiger partial charge in [0.2, 0.25) is 15.9 Å². The van der Waals surface area contributed by atoms with Gasteiger partial charge < -0.3 is 16.2 Å². The average molecular weight is 434 g/mol. The molecule has 0 spiro atoms. The maximum absolute atomic E-state index is 12.9. The van der Waals surface area contributed by atoms with Crippen LogP contribution in [0, 0.1) is 10.1 Å². The van der Waals surface area contributed by atoms with Gasteiger partial charge >= 0.3 is 0 Å². The lowest BCUT2D eigenvalue weighted by atomic mass is 10.1. The molecule has 0 radical (unpaired) electrons. The molecule has 160 valence electrons. The number of phenols is 1. The molecule has 11 heteroatoms. The van der Waals surface area contributed by atoms with Crippen LogP contribution in [-0.2, 0) is 21.2 Å². The van der Waals surface area contributed by atoms with Gasteiger partial charge in [0, 0.05) is 25.2 Å². The number of nitrogens with one attached hydrogen (secondary N) is 1. The largest absolute Gasteiger partial charge is 0.508 e. The van der Waals surface area contributed by atoms with Crippen molar-refractivity contribution in [2.75, 3.05) is 13.1 Å². The summed E-state index contributed by atoms with van der Waals surface area (Å²) in [7, 11) is -4.07. The minimum Gasteiger partial charge on any atom is -0.508 e. The molecule has 1 fully saturated rings. The summed E-state index contributed by atoms with van der Waals surface area (Å²) in [5.74, 6) is -0.305. The van der Waals surface area contributed by atoms with Crippen molar-refractivity contribution < 1.29 is 23.2 Å². The fourth-order valence-corrected chi connectivity index (χ4v) is 4.97. The number of nitro benzene ring substituents is 1. The highest BCUT2D eigenvalue weighted by Crippen LogP contribution is 2.28. The van der Waals surface area contributed by atoms with Gasteiger partial charge in [-0.15, -0.1) is 0 Å². The van der Waals surface area contributed by atoms with Gasteiger partial charge in [-0.2, -0.15) is 4.31 Å². The van der Waals surface area contributed by atoms with E-state index in [1.807, 2.05) is 0 Å². The number of benzene rings is 2. The van der Waals surface area contributed by atoms with Crippen molar-refractivity contribution in [3.05, 3.63) is 64.2 Å². The molecule has 10 nitrogen and oxygen atoms in total. The van der Waals surface area contributed by atoms with E-state index in [0.29, 0.717) is 6.42 Å². The molecule has 3 rings (SSSR count). The molecule has 0 unspecified atom stereocenters. The quantitative estimate of drug-likeness (QED) is 0.429. The van der Waals surface area contributed by atoms with Crippen LogP contribution in [0.25, 0.3) is 0 Å². The molecule has 1 aliphatic heterocycles. The van der Waals surface area contributed by atoms with Crippen LogP contribution in [-0.4, -0.2) is 53.8 Å². The zero-order chi connectivity index (χ0) is 21.9. The van der Waals surface area contributed by atoms with Crippen molar-refractivity contribution in [1.29, 1.82) is 0 Å². The summed E-state index contributed by atoms with van der Waals surface area (Å²) < 4.78 is 26.8. The van der Waals surface area contributed by atoms with Crippen LogP contribution in [0.3, 0.4) is 0 Å². The van der Waals surface area contributed by atoms with E-state index in [0.717, 1.165) is 15.9 Å². The standard InChI is InChI=1S/C19H22N4O6S/c20-16(11-13-5-7-15(24)8-6-13)19(25)21-14-9-10-22(12-14)30(28,29)18-4-2-1-3-17(18)23(26)27/h1-8,14,16,24H,9-12,20H2,(H,21,25)/t14-,16-/m0/s1. The first kappa shape index (κ1) is 21.7. The van der Waals surface area contributed by atoms with Crippen LogP contribution in [0.15, 0.2) is 53.4 Å². The van der Waals surface area contributed by atoms with E-state index >= 15 is 0 Å². The Kier molecular flexibility index (Phi) is 6.34. The summed E-state index contributed by atoms with van der Waals surface area (Å²) in [5, 5.41) is 23.2. The average Bonchev–Trinajstić information content (AvgIpc) is 3.19. The molecule has 0 bridgehead atoms. The lowest BCUT2D eigenvalue weighted by Gasteiger charge is -2.19. The maximum Gasteiger partial charge on any atom is 0.289 e. The summed E-state index contributed by atoms with van der Waals surface area (Å²) in [5.41, 5.74) is 6.24. The van der Waals surface area contributed by atoms with Crippen molar-refractivity contribution in [3.8, 4) is 5.75 Å². The summed E-state index contributed by atoms with van der Waals surface area (Å²) in [6, 6.07) is 10.2. The van der Waals surface area contributed by atoms with Crippen molar-refractivity contribution in [2.45, 2.75) is 29.8 Å². The lowest BCUT2D eigenvalue weighted by Crippen LogP contribution is -2.47. The Morgan fingerprint density at radius 1 is 1.27 bits per heavy atom. The number of sulfonamides is 1. The number of para-hydroxylation sites is 1. The minimum atomic E-state index is -4.07. The van der Waals surface area contributed by atoms with Gasteiger partial charge in [0.25, 0.3) is 5.69 Å². The molecule has 4 N–H and O–H groups in total. The number of nitrogens with two attached hydrogens (primary N) is 1. The van der Waals surface area contributed by atoms with E-state index in [4.69, 9.17) is 5.73 Å². The molecule has 30 heavy (non-hydrogen) atoms. The molecule has 1 heterocycles. The molecule has 0 aromatic heterocycles. The molecule has 1 aliphatic rings. The van der Waals surface area contributed by atoms with Crippen LogP contribution >= 0.6 is 0 Å². The van der Waals surface area contributed by atoms with Crippen molar-refractivity contribution in [1.82, 2.24) is 9.62 Å². The second kappa shape index (κ2) is 8.78. The Bertz CT molecular complexity index is 1040. The maximum atomic E-state index is 12.9. The predicted octanol–water partition coefficient (Wildman–Crippen LogP) is 0.750. The second-order valence-electron chi connectivity index (χ2n) is 7.06. The number of rotatable bonds is 7. The second-order valence-corrected chi connectivity index (χ2v) is 8.97. The monoisotopic (exact) mass is 434 g/mol. The van der Waals surface area contributed by atoms with E-state index in [2.05, 4.69) is 5.32 Å². The van der Waals surface area contributed by atoms with E-state index in [1.54, 1.807) is 12.1 Å². The van der Waals surface area contributed by atoms with Crippen molar-refractivity contribution >= 4 is 21.6 Å². The Morgan fingerprint density at radius 2 is 1.93 bits per heavy atom. The number of phenolic OH excluding ortho intramolecular Hbond substituents is 1. The predicted molar refractivity (Wildman–Crippen MR) is 108 cm³/mol. The van der Waals surface area contributed by atoms with Crippen LogP contribution < -0.4 is 11.1 Å².